The van der Waals surface area contributed by atoms with Crippen LogP contribution >= 0.6 is 0 Å². The summed E-state index contributed by atoms with van der Waals surface area (Å²) in [4.78, 5) is 10.5. The van der Waals surface area contributed by atoms with Gasteiger partial charge in [-0.2, -0.15) is 5.26 Å². The van der Waals surface area contributed by atoms with Crippen molar-refractivity contribution in [2.75, 3.05) is 4.72 Å². The van der Waals surface area contributed by atoms with E-state index in [4.69, 9.17) is 10.4 Å². The number of nitrogens with one attached hydrogen (secondary N) is 1. The molecule has 23 heavy (non-hydrogen) atoms. The van der Waals surface area contributed by atoms with Gasteiger partial charge in [0.25, 0.3) is 10.0 Å². The number of carboxylic acid groups (broad SMARTS) is 1. The molecule has 0 saturated heterocycles. The number of hydrogen-bond acceptors (Lipinski definition) is 5. The van der Waals surface area contributed by atoms with Crippen LogP contribution in [0.5, 0.6) is 5.75 Å². The average molecular weight is 332 g/mol. The van der Waals surface area contributed by atoms with E-state index in [2.05, 4.69) is 4.72 Å². The highest BCUT2D eigenvalue weighted by Gasteiger charge is 2.16. The number of carbonyl (C=O) groups is 1. The van der Waals surface area contributed by atoms with Crippen molar-refractivity contribution in [3.8, 4) is 11.8 Å². The molecular weight excluding hydrogens is 320 g/mol. The molecule has 2 rings (SSSR count). The molecule has 0 atom stereocenters. The van der Waals surface area contributed by atoms with Gasteiger partial charge in [0.15, 0.2) is 0 Å². The van der Waals surface area contributed by atoms with Crippen molar-refractivity contribution >= 4 is 21.7 Å². The molecule has 0 aromatic heterocycles. The Morgan fingerprint density at radius 3 is 2.39 bits per heavy atom. The topological polar surface area (TPSA) is 127 Å². The maximum absolute atomic E-state index is 12.3. The standard InChI is InChI=1S/C15H12N2O5S/c16-9-11-3-6-14(18)13(7-11)17-23(21,22)12-4-1-10(2-5-12)8-15(19)20/h1-7,17-18H,8H2,(H,19,20). The van der Waals surface area contributed by atoms with Gasteiger partial charge in [0.05, 0.1) is 28.6 Å². The van der Waals surface area contributed by atoms with Gasteiger partial charge in [-0.25, -0.2) is 8.42 Å². The van der Waals surface area contributed by atoms with E-state index in [9.17, 15) is 18.3 Å². The van der Waals surface area contributed by atoms with E-state index in [0.29, 0.717) is 5.56 Å². The molecule has 0 aliphatic heterocycles. The molecule has 118 valence electrons. The summed E-state index contributed by atoms with van der Waals surface area (Å²) in [5.41, 5.74) is 0.543. The molecule has 0 heterocycles. The van der Waals surface area contributed by atoms with E-state index < -0.39 is 16.0 Å². The Bertz CT molecular complexity index is 883. The zero-order valence-electron chi connectivity index (χ0n) is 11.7. The Labute approximate surface area is 132 Å². The summed E-state index contributed by atoms with van der Waals surface area (Å²) in [5, 5.41) is 27.2. The molecule has 0 bridgehead atoms. The molecular formula is C15H12N2O5S. The maximum Gasteiger partial charge on any atom is 0.307 e. The summed E-state index contributed by atoms with van der Waals surface area (Å²) in [5.74, 6) is -1.33. The van der Waals surface area contributed by atoms with Gasteiger partial charge in [-0.15, -0.1) is 0 Å². The lowest BCUT2D eigenvalue weighted by atomic mass is 10.2. The highest BCUT2D eigenvalue weighted by atomic mass is 32.2. The first kappa shape index (κ1) is 16.3. The number of nitriles is 1. The molecule has 0 saturated carbocycles. The van der Waals surface area contributed by atoms with E-state index >= 15 is 0 Å². The summed E-state index contributed by atoms with van der Waals surface area (Å²) < 4.78 is 26.7. The molecule has 0 aliphatic carbocycles. The van der Waals surface area contributed by atoms with E-state index in [1.54, 1.807) is 0 Å². The van der Waals surface area contributed by atoms with Crippen molar-refractivity contribution in [1.29, 1.82) is 5.26 Å². The number of phenolic OH excluding ortho intramolecular Hbond substituents is 1. The van der Waals surface area contributed by atoms with Crippen LogP contribution in [0.15, 0.2) is 47.4 Å². The summed E-state index contributed by atoms with van der Waals surface area (Å²) in [6.45, 7) is 0. The Kier molecular flexibility index (Phi) is 4.52. The molecule has 3 N–H and O–H groups in total. The van der Waals surface area contributed by atoms with Crippen LogP contribution in [0.3, 0.4) is 0 Å². The van der Waals surface area contributed by atoms with Crippen molar-refractivity contribution in [3.63, 3.8) is 0 Å². The second kappa shape index (κ2) is 6.37. The second-order valence-corrected chi connectivity index (χ2v) is 6.35. The number of benzene rings is 2. The number of rotatable bonds is 5. The third kappa shape index (κ3) is 3.99. The van der Waals surface area contributed by atoms with Crippen LogP contribution < -0.4 is 4.72 Å². The minimum Gasteiger partial charge on any atom is -0.506 e. The first-order valence-electron chi connectivity index (χ1n) is 6.38. The summed E-state index contributed by atoms with van der Waals surface area (Å²) in [6, 6.07) is 11.0. The van der Waals surface area contributed by atoms with Gasteiger partial charge in [-0.05, 0) is 35.9 Å². The number of aromatic hydroxyl groups is 1. The summed E-state index contributed by atoms with van der Waals surface area (Å²) >= 11 is 0. The Morgan fingerprint density at radius 1 is 1.17 bits per heavy atom. The highest BCUT2D eigenvalue weighted by molar-refractivity contribution is 7.92. The monoisotopic (exact) mass is 332 g/mol. The molecule has 7 nitrogen and oxygen atoms in total. The lowest BCUT2D eigenvalue weighted by Crippen LogP contribution is -2.13. The number of anilines is 1. The van der Waals surface area contributed by atoms with Crippen molar-refractivity contribution in [2.45, 2.75) is 11.3 Å². The SMILES string of the molecule is N#Cc1ccc(O)c(NS(=O)(=O)c2ccc(CC(=O)O)cc2)c1. The largest absolute Gasteiger partial charge is 0.506 e. The van der Waals surface area contributed by atoms with E-state index in [1.165, 1.54) is 42.5 Å². The van der Waals surface area contributed by atoms with Crippen LogP contribution in [0, 0.1) is 11.3 Å². The van der Waals surface area contributed by atoms with E-state index in [1.807, 2.05) is 6.07 Å². The van der Waals surface area contributed by atoms with Crippen LogP contribution in [0.2, 0.25) is 0 Å². The zero-order valence-corrected chi connectivity index (χ0v) is 12.5. The van der Waals surface area contributed by atoms with E-state index in [-0.39, 0.29) is 28.3 Å². The fraction of sp³-hybridized carbons (Fsp3) is 0.0667. The Hall–Kier alpha value is -3.05. The predicted octanol–water partition coefficient (Wildman–Crippen LogP) is 1.69. The molecule has 0 fully saturated rings. The van der Waals surface area contributed by atoms with Gasteiger partial charge in [0.2, 0.25) is 0 Å². The number of carboxylic acids is 1. The normalized spacial score (nSPS) is 10.7. The van der Waals surface area contributed by atoms with Gasteiger partial charge in [0, 0.05) is 0 Å². The van der Waals surface area contributed by atoms with Crippen molar-refractivity contribution in [3.05, 3.63) is 53.6 Å². The third-order valence-corrected chi connectivity index (χ3v) is 4.34. The Balaban J connectivity index is 2.29. The number of sulfonamides is 1. The second-order valence-electron chi connectivity index (χ2n) is 4.66. The van der Waals surface area contributed by atoms with Gasteiger partial charge in [-0.3, -0.25) is 9.52 Å². The molecule has 8 heteroatoms. The number of aliphatic carboxylic acids is 1. The maximum atomic E-state index is 12.3. The van der Waals surface area contributed by atoms with Crippen LogP contribution in [-0.4, -0.2) is 24.6 Å². The first-order chi connectivity index (χ1) is 10.8. The minimum atomic E-state index is -3.97. The van der Waals surface area contributed by atoms with E-state index in [0.717, 1.165) is 0 Å². The van der Waals surface area contributed by atoms with Gasteiger partial charge in [-0.1, -0.05) is 12.1 Å². The van der Waals surface area contributed by atoms with Crippen molar-refractivity contribution in [1.82, 2.24) is 0 Å². The summed E-state index contributed by atoms with van der Waals surface area (Å²) in [7, 11) is -3.97. The van der Waals surface area contributed by atoms with Crippen LogP contribution in [-0.2, 0) is 21.2 Å². The molecule has 0 amide bonds. The van der Waals surface area contributed by atoms with Crippen LogP contribution in [0.1, 0.15) is 11.1 Å². The first-order valence-corrected chi connectivity index (χ1v) is 7.87. The molecule has 0 spiro atoms. The molecule has 0 unspecified atom stereocenters. The number of nitrogens with zero attached hydrogens (tertiary/aromatic N) is 1. The highest BCUT2D eigenvalue weighted by Crippen LogP contribution is 2.26. The lowest BCUT2D eigenvalue weighted by molar-refractivity contribution is -0.136. The predicted molar refractivity (Wildman–Crippen MR) is 81.4 cm³/mol. The van der Waals surface area contributed by atoms with Crippen LogP contribution in [0.25, 0.3) is 0 Å². The van der Waals surface area contributed by atoms with Gasteiger partial charge < -0.3 is 10.2 Å². The van der Waals surface area contributed by atoms with Gasteiger partial charge in [0.1, 0.15) is 5.75 Å². The fourth-order valence-corrected chi connectivity index (χ4v) is 2.92. The number of hydrogen-bond donors (Lipinski definition) is 3. The quantitative estimate of drug-likeness (QED) is 0.715. The molecule has 2 aromatic rings. The molecule has 0 aliphatic rings. The van der Waals surface area contributed by atoms with Crippen molar-refractivity contribution < 1.29 is 23.4 Å². The zero-order chi connectivity index (χ0) is 17.0. The average Bonchev–Trinajstić information content (AvgIpc) is 2.49. The summed E-state index contributed by atoms with van der Waals surface area (Å²) in [6.07, 6.45) is -0.210. The molecule has 0 radical (unpaired) electrons. The number of phenols is 1. The Morgan fingerprint density at radius 2 is 1.83 bits per heavy atom. The fourth-order valence-electron chi connectivity index (χ4n) is 1.85. The third-order valence-electron chi connectivity index (χ3n) is 2.96. The van der Waals surface area contributed by atoms with Gasteiger partial charge >= 0.3 is 5.97 Å². The minimum absolute atomic E-state index is 0.0894. The van der Waals surface area contributed by atoms with Crippen LogP contribution in [0.4, 0.5) is 5.69 Å². The molecule has 2 aromatic carbocycles. The lowest BCUT2D eigenvalue weighted by Gasteiger charge is -2.10. The van der Waals surface area contributed by atoms with Crippen molar-refractivity contribution in [2.24, 2.45) is 0 Å². The smallest absolute Gasteiger partial charge is 0.307 e.